The van der Waals surface area contributed by atoms with E-state index in [9.17, 15) is 9.18 Å². The van der Waals surface area contributed by atoms with Crippen LogP contribution in [0.1, 0.15) is 24.0 Å². The van der Waals surface area contributed by atoms with E-state index in [0.717, 1.165) is 41.6 Å². The number of carbonyl (C=O) groups excluding carboxylic acids is 1. The first-order chi connectivity index (χ1) is 14.6. The Morgan fingerprint density at radius 1 is 1.10 bits per heavy atom. The number of piperidine rings is 1. The highest BCUT2D eigenvalue weighted by molar-refractivity contribution is 5.82. The summed E-state index contributed by atoms with van der Waals surface area (Å²) in [5.74, 6) is -0.518. The zero-order chi connectivity index (χ0) is 21.0. The van der Waals surface area contributed by atoms with Gasteiger partial charge in [-0.15, -0.1) is 0 Å². The van der Waals surface area contributed by atoms with Gasteiger partial charge in [0.1, 0.15) is 12.1 Å². The third-order valence-electron chi connectivity index (χ3n) is 5.92. The number of benzene rings is 2. The number of nitrogens with zero attached hydrogens (tertiary/aromatic N) is 3. The molecule has 0 aliphatic carbocycles. The minimum Gasteiger partial charge on any atom is -0.369 e. The smallest absolute Gasteiger partial charge is 0.225 e. The molecule has 3 aromatic rings. The molecule has 6 heteroatoms. The topological polar surface area (TPSA) is 72.1 Å². The monoisotopic (exact) mass is 404 g/mol. The molecule has 0 bridgehead atoms. The first-order valence-electron chi connectivity index (χ1n) is 10.2. The molecule has 30 heavy (non-hydrogen) atoms. The third-order valence-corrected chi connectivity index (χ3v) is 5.92. The maximum absolute atomic E-state index is 13.2. The molecule has 154 valence electrons. The van der Waals surface area contributed by atoms with Gasteiger partial charge in [-0.25, -0.2) is 14.4 Å². The second-order valence-electron chi connectivity index (χ2n) is 8.05. The van der Waals surface area contributed by atoms with Crippen LogP contribution >= 0.6 is 0 Å². The van der Waals surface area contributed by atoms with Crippen LogP contribution in [0.3, 0.4) is 0 Å². The number of hydrogen-bond acceptors (Lipinski definition) is 4. The summed E-state index contributed by atoms with van der Waals surface area (Å²) >= 11 is 0. The minimum atomic E-state index is -0.649. The molecule has 1 aliphatic heterocycles. The lowest BCUT2D eigenvalue weighted by atomic mass is 9.73. The number of halogens is 1. The van der Waals surface area contributed by atoms with Crippen LogP contribution < -0.4 is 5.73 Å². The Labute approximate surface area is 175 Å². The van der Waals surface area contributed by atoms with E-state index in [-0.39, 0.29) is 11.7 Å². The number of aromatic nitrogens is 2. The van der Waals surface area contributed by atoms with Crippen molar-refractivity contribution >= 4 is 5.91 Å². The summed E-state index contributed by atoms with van der Waals surface area (Å²) in [4.78, 5) is 23.2. The van der Waals surface area contributed by atoms with Gasteiger partial charge in [0.25, 0.3) is 0 Å². The number of amides is 1. The lowest BCUT2D eigenvalue weighted by Crippen LogP contribution is -2.51. The number of carbonyl (C=O) groups is 1. The summed E-state index contributed by atoms with van der Waals surface area (Å²) in [5, 5.41) is 0. The zero-order valence-corrected chi connectivity index (χ0v) is 16.8. The summed E-state index contributed by atoms with van der Waals surface area (Å²) in [6.07, 6.45) is 7.27. The van der Waals surface area contributed by atoms with Crippen molar-refractivity contribution in [3.63, 3.8) is 0 Å². The van der Waals surface area contributed by atoms with Crippen LogP contribution in [0.4, 0.5) is 4.39 Å². The second-order valence-corrected chi connectivity index (χ2v) is 8.05. The first kappa shape index (κ1) is 20.2. The van der Waals surface area contributed by atoms with Crippen molar-refractivity contribution in [3.8, 4) is 11.1 Å². The van der Waals surface area contributed by atoms with Crippen molar-refractivity contribution in [2.45, 2.75) is 25.8 Å². The van der Waals surface area contributed by atoms with Gasteiger partial charge in [0.15, 0.2) is 0 Å². The third kappa shape index (κ3) is 4.39. The summed E-state index contributed by atoms with van der Waals surface area (Å²) < 4.78 is 13.2. The Kier molecular flexibility index (Phi) is 5.86. The molecule has 2 heterocycles. The summed E-state index contributed by atoms with van der Waals surface area (Å²) in [6.45, 7) is 2.14. The van der Waals surface area contributed by atoms with Crippen LogP contribution in [0.15, 0.2) is 67.3 Å². The minimum absolute atomic E-state index is 0.245. The van der Waals surface area contributed by atoms with Crippen molar-refractivity contribution < 1.29 is 9.18 Å². The molecular formula is C24H25FN4O. The Morgan fingerprint density at radius 3 is 2.57 bits per heavy atom. The molecule has 1 aromatic heterocycles. The van der Waals surface area contributed by atoms with Gasteiger partial charge in [0.05, 0.1) is 5.41 Å². The van der Waals surface area contributed by atoms with E-state index in [4.69, 9.17) is 5.73 Å². The molecule has 1 amide bonds. The predicted octanol–water partition coefficient (Wildman–Crippen LogP) is 3.59. The van der Waals surface area contributed by atoms with Crippen molar-refractivity contribution in [1.29, 1.82) is 0 Å². The van der Waals surface area contributed by atoms with Crippen LogP contribution in [0.2, 0.25) is 0 Å². The van der Waals surface area contributed by atoms with Gasteiger partial charge in [0.2, 0.25) is 5.91 Å². The molecule has 1 saturated heterocycles. The first-order valence-corrected chi connectivity index (χ1v) is 10.2. The summed E-state index contributed by atoms with van der Waals surface area (Å²) in [6, 6.07) is 14.6. The summed E-state index contributed by atoms with van der Waals surface area (Å²) in [7, 11) is 0. The quantitative estimate of drug-likeness (QED) is 0.681. The number of likely N-dealkylation sites (tertiary alicyclic amines) is 1. The number of hydrogen-bond donors (Lipinski definition) is 1. The van der Waals surface area contributed by atoms with Gasteiger partial charge in [0, 0.05) is 31.0 Å². The Morgan fingerprint density at radius 2 is 1.83 bits per heavy atom. The van der Waals surface area contributed by atoms with Gasteiger partial charge >= 0.3 is 0 Å². The number of nitrogens with two attached hydrogens (primary N) is 1. The van der Waals surface area contributed by atoms with E-state index < -0.39 is 5.41 Å². The van der Waals surface area contributed by atoms with E-state index in [1.54, 1.807) is 24.5 Å². The molecule has 4 rings (SSSR count). The van der Waals surface area contributed by atoms with E-state index in [0.29, 0.717) is 19.5 Å². The van der Waals surface area contributed by atoms with Crippen LogP contribution in [-0.4, -0.2) is 33.9 Å². The fourth-order valence-electron chi connectivity index (χ4n) is 4.40. The van der Waals surface area contributed by atoms with Gasteiger partial charge < -0.3 is 5.73 Å². The Bertz CT molecular complexity index is 1010. The average Bonchev–Trinajstić information content (AvgIpc) is 2.76. The standard InChI is InChI=1S/C24H25FN4O/c25-21-8-6-18(7-9-21)15-29-11-3-10-24(16-29,23(26)30)12-19-4-1-2-5-22(19)20-13-27-17-28-14-20/h1-2,4-9,13-14,17H,3,10-12,15-16H2,(H2,26,30). The van der Waals surface area contributed by atoms with E-state index in [1.807, 2.05) is 24.3 Å². The van der Waals surface area contributed by atoms with Crippen molar-refractivity contribution in [2.75, 3.05) is 13.1 Å². The van der Waals surface area contributed by atoms with Crippen LogP contribution in [-0.2, 0) is 17.8 Å². The average molecular weight is 404 g/mol. The van der Waals surface area contributed by atoms with Gasteiger partial charge in [-0.2, -0.15) is 0 Å². The molecule has 0 saturated carbocycles. The van der Waals surface area contributed by atoms with Crippen molar-refractivity contribution in [3.05, 3.63) is 84.2 Å². The van der Waals surface area contributed by atoms with E-state index in [2.05, 4.69) is 14.9 Å². The Balaban J connectivity index is 1.59. The predicted molar refractivity (Wildman–Crippen MR) is 114 cm³/mol. The zero-order valence-electron chi connectivity index (χ0n) is 16.8. The lowest BCUT2D eigenvalue weighted by Gasteiger charge is -2.41. The summed E-state index contributed by atoms with van der Waals surface area (Å²) in [5.41, 5.74) is 9.36. The molecular weight excluding hydrogens is 379 g/mol. The van der Waals surface area contributed by atoms with Gasteiger partial charge in [-0.3, -0.25) is 9.69 Å². The fraction of sp³-hybridized carbons (Fsp3) is 0.292. The van der Waals surface area contributed by atoms with E-state index >= 15 is 0 Å². The molecule has 1 atom stereocenters. The fourth-order valence-corrected chi connectivity index (χ4v) is 4.40. The Hall–Kier alpha value is -3.12. The van der Waals surface area contributed by atoms with Crippen LogP contribution in [0, 0.1) is 11.2 Å². The molecule has 0 spiro atoms. The van der Waals surface area contributed by atoms with Crippen molar-refractivity contribution in [2.24, 2.45) is 11.1 Å². The lowest BCUT2D eigenvalue weighted by molar-refractivity contribution is -0.131. The highest BCUT2D eigenvalue weighted by Crippen LogP contribution is 2.37. The van der Waals surface area contributed by atoms with Gasteiger partial charge in [-0.05, 0) is 54.6 Å². The van der Waals surface area contributed by atoms with E-state index in [1.165, 1.54) is 18.5 Å². The molecule has 2 aromatic carbocycles. The van der Waals surface area contributed by atoms with Crippen LogP contribution in [0.25, 0.3) is 11.1 Å². The number of rotatable bonds is 6. The second kappa shape index (κ2) is 8.71. The molecule has 2 N–H and O–H groups in total. The highest BCUT2D eigenvalue weighted by atomic mass is 19.1. The normalized spacial score (nSPS) is 19.5. The van der Waals surface area contributed by atoms with Gasteiger partial charge in [-0.1, -0.05) is 36.4 Å². The van der Waals surface area contributed by atoms with Crippen LogP contribution in [0.5, 0.6) is 0 Å². The van der Waals surface area contributed by atoms with Crippen molar-refractivity contribution in [1.82, 2.24) is 14.9 Å². The molecule has 1 fully saturated rings. The molecule has 1 unspecified atom stereocenters. The maximum atomic E-state index is 13.2. The molecule has 1 aliphatic rings. The molecule has 0 radical (unpaired) electrons. The largest absolute Gasteiger partial charge is 0.369 e. The number of primary amides is 1. The highest BCUT2D eigenvalue weighted by Gasteiger charge is 2.41. The molecule has 5 nitrogen and oxygen atoms in total. The SMILES string of the molecule is NC(=O)C1(Cc2ccccc2-c2cncnc2)CCCN(Cc2ccc(F)cc2)C1. The maximum Gasteiger partial charge on any atom is 0.225 e.